The number of para-hydroxylation sites is 1. The highest BCUT2D eigenvalue weighted by Gasteiger charge is 2.35. The van der Waals surface area contributed by atoms with E-state index in [-0.39, 0.29) is 0 Å². The number of fused-ring (bicyclic) bond motifs is 1. The third-order valence-corrected chi connectivity index (χ3v) is 4.17. The standard InChI is InChI=1S/C14H18ClN3O/c1-2-18-12-10(15)4-3-5-11(12)17-13(18)14(16)6-8-19-9-7-14/h3-5H,2,6-9,16H2,1H3. The number of imidazole rings is 1. The first-order valence-corrected chi connectivity index (χ1v) is 7.05. The molecule has 0 amide bonds. The van der Waals surface area contributed by atoms with Crippen LogP contribution < -0.4 is 5.73 Å². The van der Waals surface area contributed by atoms with E-state index >= 15 is 0 Å². The first-order chi connectivity index (χ1) is 9.15. The molecule has 102 valence electrons. The molecule has 0 atom stereocenters. The summed E-state index contributed by atoms with van der Waals surface area (Å²) in [4.78, 5) is 4.74. The number of halogens is 1. The van der Waals surface area contributed by atoms with E-state index in [9.17, 15) is 0 Å². The molecule has 0 aliphatic carbocycles. The molecule has 0 radical (unpaired) electrons. The topological polar surface area (TPSA) is 53.1 Å². The summed E-state index contributed by atoms with van der Waals surface area (Å²) < 4.78 is 7.56. The van der Waals surface area contributed by atoms with Crippen LogP contribution in [0.3, 0.4) is 0 Å². The van der Waals surface area contributed by atoms with Gasteiger partial charge in [0, 0.05) is 19.8 Å². The van der Waals surface area contributed by atoms with Gasteiger partial charge in [0.05, 0.1) is 21.6 Å². The summed E-state index contributed by atoms with van der Waals surface area (Å²) in [6, 6.07) is 5.81. The van der Waals surface area contributed by atoms with Gasteiger partial charge in [0.15, 0.2) is 0 Å². The van der Waals surface area contributed by atoms with Crippen LogP contribution in [0.15, 0.2) is 18.2 Å². The molecule has 1 aromatic heterocycles. The van der Waals surface area contributed by atoms with Crippen molar-refractivity contribution in [3.8, 4) is 0 Å². The van der Waals surface area contributed by atoms with E-state index in [1.54, 1.807) is 0 Å². The largest absolute Gasteiger partial charge is 0.381 e. The number of hydrogen-bond donors (Lipinski definition) is 1. The molecule has 1 aliphatic heterocycles. The van der Waals surface area contributed by atoms with Gasteiger partial charge >= 0.3 is 0 Å². The third-order valence-electron chi connectivity index (χ3n) is 3.86. The van der Waals surface area contributed by atoms with Gasteiger partial charge in [-0.05, 0) is 31.9 Å². The van der Waals surface area contributed by atoms with Crippen molar-refractivity contribution >= 4 is 22.6 Å². The number of benzene rings is 1. The summed E-state index contributed by atoms with van der Waals surface area (Å²) in [6.45, 7) is 4.29. The Morgan fingerprint density at radius 2 is 2.16 bits per heavy atom. The number of nitrogens with two attached hydrogens (primary N) is 1. The molecule has 4 nitrogen and oxygen atoms in total. The fraction of sp³-hybridized carbons (Fsp3) is 0.500. The molecular formula is C14H18ClN3O. The molecular weight excluding hydrogens is 262 g/mol. The maximum absolute atomic E-state index is 6.56. The smallest absolute Gasteiger partial charge is 0.130 e. The van der Waals surface area contributed by atoms with E-state index in [0.717, 1.165) is 41.3 Å². The Morgan fingerprint density at radius 1 is 1.42 bits per heavy atom. The van der Waals surface area contributed by atoms with Gasteiger partial charge < -0.3 is 15.0 Å². The summed E-state index contributed by atoms with van der Waals surface area (Å²) >= 11 is 6.31. The van der Waals surface area contributed by atoms with Crippen molar-refractivity contribution in [2.45, 2.75) is 31.8 Å². The van der Waals surface area contributed by atoms with Crippen LogP contribution in [0.4, 0.5) is 0 Å². The predicted octanol–water partition coefficient (Wildman–Crippen LogP) is 2.67. The molecule has 0 bridgehead atoms. The van der Waals surface area contributed by atoms with Crippen LogP contribution in [-0.2, 0) is 16.8 Å². The Morgan fingerprint density at radius 3 is 2.84 bits per heavy atom. The zero-order chi connectivity index (χ0) is 13.5. The van der Waals surface area contributed by atoms with Gasteiger partial charge in [-0.1, -0.05) is 17.7 Å². The highest BCUT2D eigenvalue weighted by atomic mass is 35.5. The molecule has 0 saturated carbocycles. The average Bonchev–Trinajstić information content (AvgIpc) is 2.80. The van der Waals surface area contributed by atoms with Crippen molar-refractivity contribution in [2.75, 3.05) is 13.2 Å². The number of nitrogens with zero attached hydrogens (tertiary/aromatic N) is 2. The second-order valence-electron chi connectivity index (χ2n) is 5.06. The summed E-state index contributed by atoms with van der Waals surface area (Å²) in [5, 5.41) is 0.730. The van der Waals surface area contributed by atoms with E-state index in [1.807, 2.05) is 18.2 Å². The minimum absolute atomic E-state index is 0.406. The lowest BCUT2D eigenvalue weighted by Crippen LogP contribution is -2.44. The van der Waals surface area contributed by atoms with E-state index in [0.29, 0.717) is 13.2 Å². The molecule has 1 aliphatic rings. The van der Waals surface area contributed by atoms with Crippen molar-refractivity contribution in [1.82, 2.24) is 9.55 Å². The molecule has 19 heavy (non-hydrogen) atoms. The van der Waals surface area contributed by atoms with Crippen LogP contribution >= 0.6 is 11.6 Å². The van der Waals surface area contributed by atoms with Crippen LogP contribution in [0, 0.1) is 0 Å². The maximum atomic E-state index is 6.56. The van der Waals surface area contributed by atoms with Crippen LogP contribution in [0.1, 0.15) is 25.6 Å². The lowest BCUT2D eigenvalue weighted by Gasteiger charge is -2.33. The van der Waals surface area contributed by atoms with Crippen molar-refractivity contribution in [2.24, 2.45) is 5.73 Å². The molecule has 2 aromatic rings. The van der Waals surface area contributed by atoms with Gasteiger partial charge in [-0.25, -0.2) is 4.98 Å². The molecule has 0 unspecified atom stereocenters. The van der Waals surface area contributed by atoms with Gasteiger partial charge in [0.1, 0.15) is 5.82 Å². The Kier molecular flexibility index (Phi) is 3.25. The zero-order valence-electron chi connectivity index (χ0n) is 11.0. The predicted molar refractivity (Wildman–Crippen MR) is 76.3 cm³/mol. The van der Waals surface area contributed by atoms with E-state index in [2.05, 4.69) is 11.5 Å². The van der Waals surface area contributed by atoms with Crippen LogP contribution in [0.2, 0.25) is 5.02 Å². The van der Waals surface area contributed by atoms with Crippen molar-refractivity contribution < 1.29 is 4.74 Å². The molecule has 2 heterocycles. The molecule has 1 aromatic carbocycles. The molecule has 1 saturated heterocycles. The van der Waals surface area contributed by atoms with Crippen LogP contribution in [0.5, 0.6) is 0 Å². The molecule has 3 rings (SSSR count). The Bertz CT molecular complexity index is 602. The molecule has 2 N–H and O–H groups in total. The number of hydrogen-bond acceptors (Lipinski definition) is 3. The van der Waals surface area contributed by atoms with Gasteiger partial charge in [-0.3, -0.25) is 0 Å². The fourth-order valence-corrected chi connectivity index (χ4v) is 3.06. The fourth-order valence-electron chi connectivity index (χ4n) is 2.79. The Balaban J connectivity index is 2.20. The molecule has 0 spiro atoms. The summed E-state index contributed by atoms with van der Waals surface area (Å²) in [6.07, 6.45) is 1.60. The Labute approximate surface area is 117 Å². The van der Waals surface area contributed by atoms with E-state index in [1.165, 1.54) is 0 Å². The second kappa shape index (κ2) is 4.78. The van der Waals surface area contributed by atoms with Crippen LogP contribution in [0.25, 0.3) is 11.0 Å². The van der Waals surface area contributed by atoms with Crippen molar-refractivity contribution in [3.05, 3.63) is 29.0 Å². The summed E-state index contributed by atoms with van der Waals surface area (Å²) in [7, 11) is 0. The SMILES string of the molecule is CCn1c(C2(N)CCOCC2)nc2cccc(Cl)c21. The number of aryl methyl sites for hydroxylation is 1. The quantitative estimate of drug-likeness (QED) is 0.919. The third kappa shape index (κ3) is 2.04. The normalized spacial score (nSPS) is 18.9. The minimum atomic E-state index is -0.406. The Hall–Kier alpha value is -1.10. The number of aromatic nitrogens is 2. The van der Waals surface area contributed by atoms with Gasteiger partial charge in [0.25, 0.3) is 0 Å². The summed E-state index contributed by atoms with van der Waals surface area (Å²) in [5.41, 5.74) is 8.06. The van der Waals surface area contributed by atoms with E-state index < -0.39 is 5.54 Å². The van der Waals surface area contributed by atoms with Gasteiger partial charge in [0.2, 0.25) is 0 Å². The second-order valence-corrected chi connectivity index (χ2v) is 5.46. The average molecular weight is 280 g/mol. The first kappa shape index (κ1) is 12.9. The monoisotopic (exact) mass is 279 g/mol. The maximum Gasteiger partial charge on any atom is 0.130 e. The number of rotatable bonds is 2. The number of ether oxygens (including phenoxy) is 1. The van der Waals surface area contributed by atoms with Crippen molar-refractivity contribution in [1.29, 1.82) is 0 Å². The molecule has 1 fully saturated rings. The van der Waals surface area contributed by atoms with Crippen LogP contribution in [-0.4, -0.2) is 22.8 Å². The zero-order valence-corrected chi connectivity index (χ0v) is 11.8. The highest BCUT2D eigenvalue weighted by molar-refractivity contribution is 6.35. The van der Waals surface area contributed by atoms with Gasteiger partial charge in [-0.2, -0.15) is 0 Å². The molecule has 5 heteroatoms. The lowest BCUT2D eigenvalue weighted by atomic mass is 9.90. The highest BCUT2D eigenvalue weighted by Crippen LogP contribution is 2.33. The first-order valence-electron chi connectivity index (χ1n) is 6.67. The van der Waals surface area contributed by atoms with Gasteiger partial charge in [-0.15, -0.1) is 0 Å². The summed E-state index contributed by atoms with van der Waals surface area (Å²) in [5.74, 6) is 0.932. The van der Waals surface area contributed by atoms with Crippen molar-refractivity contribution in [3.63, 3.8) is 0 Å². The minimum Gasteiger partial charge on any atom is -0.381 e. The lowest BCUT2D eigenvalue weighted by molar-refractivity contribution is 0.0481. The van der Waals surface area contributed by atoms with E-state index in [4.69, 9.17) is 27.1 Å².